The van der Waals surface area contributed by atoms with E-state index in [-0.39, 0.29) is 24.0 Å². The maximum absolute atomic E-state index is 13.9. The molecule has 1 aliphatic carbocycles. The Morgan fingerprint density at radius 2 is 1.73 bits per heavy atom. The lowest BCUT2D eigenvalue weighted by Crippen LogP contribution is -2.66. The fraction of sp³-hybridized carbons (Fsp3) is 0.556. The third-order valence-electron chi connectivity index (χ3n) is 7.67. The number of ether oxygens (including phenoxy) is 1. The maximum Gasteiger partial charge on any atom is 0.271 e. The predicted octanol–water partition coefficient (Wildman–Crippen LogP) is 4.39. The quantitative estimate of drug-likeness (QED) is 0.689. The molecule has 1 aromatic heterocycles. The minimum Gasteiger partial charge on any atom is -0.376 e. The second-order valence-electron chi connectivity index (χ2n) is 10.0. The topological polar surface area (TPSA) is 63.6 Å². The molecule has 33 heavy (non-hydrogen) atoms. The normalized spacial score (nSPS) is 26.2. The van der Waals surface area contributed by atoms with Gasteiger partial charge in [0.05, 0.1) is 12.6 Å². The second-order valence-corrected chi connectivity index (χ2v) is 10.0. The first kappa shape index (κ1) is 22.2. The summed E-state index contributed by atoms with van der Waals surface area (Å²) >= 11 is 0. The molecule has 6 heteroatoms. The molecule has 5 rings (SSSR count). The average Bonchev–Trinajstić information content (AvgIpc) is 3.42. The number of hydrogen-bond donors (Lipinski definition) is 1. The van der Waals surface area contributed by atoms with Crippen molar-refractivity contribution in [3.63, 3.8) is 0 Å². The summed E-state index contributed by atoms with van der Waals surface area (Å²) in [5.74, 6) is -0.128. The van der Waals surface area contributed by atoms with E-state index in [2.05, 4.69) is 17.4 Å². The zero-order valence-electron chi connectivity index (χ0n) is 19.6. The Kier molecular flexibility index (Phi) is 6.28. The highest BCUT2D eigenvalue weighted by Crippen LogP contribution is 2.34. The van der Waals surface area contributed by atoms with Gasteiger partial charge in [-0.3, -0.25) is 9.59 Å². The molecule has 6 nitrogen and oxygen atoms in total. The highest BCUT2D eigenvalue weighted by atomic mass is 16.5. The first-order valence-electron chi connectivity index (χ1n) is 12.6. The number of hydrogen-bond acceptors (Lipinski definition) is 3. The molecule has 1 saturated carbocycles. The smallest absolute Gasteiger partial charge is 0.271 e. The summed E-state index contributed by atoms with van der Waals surface area (Å²) in [4.78, 5) is 29.4. The molecule has 3 heterocycles. The molecule has 1 saturated heterocycles. The van der Waals surface area contributed by atoms with Gasteiger partial charge in [0.1, 0.15) is 11.2 Å². The van der Waals surface area contributed by atoms with Crippen molar-refractivity contribution in [3.8, 4) is 11.3 Å². The number of fused-ring (bicyclic) bond motifs is 1. The predicted molar refractivity (Wildman–Crippen MR) is 128 cm³/mol. The van der Waals surface area contributed by atoms with Gasteiger partial charge in [-0.15, -0.1) is 0 Å². The number of nitrogens with zero attached hydrogens (tertiary/aromatic N) is 2. The van der Waals surface area contributed by atoms with Crippen molar-refractivity contribution in [2.24, 2.45) is 0 Å². The van der Waals surface area contributed by atoms with Crippen LogP contribution in [0.3, 0.4) is 0 Å². The number of amides is 2. The first-order valence-corrected chi connectivity index (χ1v) is 12.6. The fourth-order valence-electron chi connectivity index (χ4n) is 5.68. The van der Waals surface area contributed by atoms with Crippen LogP contribution < -0.4 is 5.32 Å². The summed E-state index contributed by atoms with van der Waals surface area (Å²) in [6.45, 7) is 3.56. The molecule has 2 aromatic rings. The van der Waals surface area contributed by atoms with Crippen LogP contribution in [0.4, 0.5) is 0 Å². The van der Waals surface area contributed by atoms with Crippen molar-refractivity contribution >= 4 is 11.8 Å². The average molecular weight is 450 g/mol. The molecule has 2 atom stereocenters. The molecular weight excluding hydrogens is 414 g/mol. The third-order valence-corrected chi connectivity index (χ3v) is 7.67. The van der Waals surface area contributed by atoms with E-state index in [9.17, 15) is 9.59 Å². The SMILES string of the molecule is CC1(C(=O)NC2CCCCCC2)Cn2c(ccc2-c2ccccc2)C(=O)N1CC1CCCO1. The van der Waals surface area contributed by atoms with E-state index < -0.39 is 5.54 Å². The van der Waals surface area contributed by atoms with Crippen molar-refractivity contribution < 1.29 is 14.3 Å². The van der Waals surface area contributed by atoms with Crippen molar-refractivity contribution in [2.75, 3.05) is 13.2 Å². The molecule has 2 fully saturated rings. The summed E-state index contributed by atoms with van der Waals surface area (Å²) in [6, 6.07) is 14.2. The third kappa shape index (κ3) is 4.33. The minimum atomic E-state index is -0.967. The van der Waals surface area contributed by atoms with Gasteiger partial charge in [-0.25, -0.2) is 0 Å². The molecule has 0 bridgehead atoms. The van der Waals surface area contributed by atoms with Gasteiger partial charge >= 0.3 is 0 Å². The van der Waals surface area contributed by atoms with Gasteiger partial charge in [0.2, 0.25) is 5.91 Å². The Morgan fingerprint density at radius 3 is 2.42 bits per heavy atom. The molecular formula is C27H35N3O3. The number of nitrogens with one attached hydrogen (secondary N) is 1. The van der Waals surface area contributed by atoms with Crippen molar-refractivity contribution in [2.45, 2.75) is 82.5 Å². The van der Waals surface area contributed by atoms with Crippen LogP contribution in [0.2, 0.25) is 0 Å². The lowest BCUT2D eigenvalue weighted by atomic mass is 9.92. The zero-order chi connectivity index (χ0) is 22.8. The van der Waals surface area contributed by atoms with E-state index in [1.165, 1.54) is 12.8 Å². The molecule has 3 aliphatic rings. The van der Waals surface area contributed by atoms with Crippen molar-refractivity contribution in [3.05, 3.63) is 48.2 Å². The molecule has 176 valence electrons. The lowest BCUT2D eigenvalue weighted by Gasteiger charge is -2.45. The largest absolute Gasteiger partial charge is 0.376 e. The number of carbonyl (C=O) groups excluding carboxylic acids is 2. The summed E-state index contributed by atoms with van der Waals surface area (Å²) in [5.41, 5.74) is 1.71. The van der Waals surface area contributed by atoms with Crippen molar-refractivity contribution in [1.29, 1.82) is 0 Å². The highest BCUT2D eigenvalue weighted by Gasteiger charge is 2.49. The molecule has 0 spiro atoms. The summed E-state index contributed by atoms with van der Waals surface area (Å²) in [6.07, 6.45) is 8.75. The van der Waals surface area contributed by atoms with E-state index in [0.717, 1.165) is 56.4 Å². The Morgan fingerprint density at radius 1 is 1.00 bits per heavy atom. The molecule has 2 amide bonds. The van der Waals surface area contributed by atoms with Crippen LogP contribution >= 0.6 is 0 Å². The van der Waals surface area contributed by atoms with Gasteiger partial charge in [0.25, 0.3) is 5.91 Å². The van der Waals surface area contributed by atoms with Crippen LogP contribution in [0.25, 0.3) is 11.3 Å². The van der Waals surface area contributed by atoms with E-state index >= 15 is 0 Å². The molecule has 1 N–H and O–H groups in total. The second kappa shape index (κ2) is 9.34. The van der Waals surface area contributed by atoms with E-state index in [1.54, 1.807) is 4.90 Å². The molecule has 2 aliphatic heterocycles. The zero-order valence-corrected chi connectivity index (χ0v) is 19.6. The standard InChI is InChI=1S/C27H35N3O3/c1-27(26(32)28-21-12-7-2-3-8-13-21)19-29-23(20-10-5-4-6-11-20)15-16-24(29)25(31)30(27)18-22-14-9-17-33-22/h4-6,10-11,15-16,21-22H,2-3,7-9,12-14,17-19H2,1H3,(H,28,32). The Hall–Kier alpha value is -2.60. The fourth-order valence-corrected chi connectivity index (χ4v) is 5.68. The Balaban J connectivity index is 1.48. The molecule has 1 aromatic carbocycles. The van der Waals surface area contributed by atoms with Gasteiger partial charge in [-0.1, -0.05) is 56.0 Å². The van der Waals surface area contributed by atoms with E-state index in [0.29, 0.717) is 18.8 Å². The number of carbonyl (C=O) groups is 2. The Labute approximate surface area is 196 Å². The lowest BCUT2D eigenvalue weighted by molar-refractivity contribution is -0.134. The van der Waals surface area contributed by atoms with Gasteiger partial charge < -0.3 is 19.5 Å². The van der Waals surface area contributed by atoms with Crippen LogP contribution in [-0.2, 0) is 16.1 Å². The van der Waals surface area contributed by atoms with Crippen LogP contribution in [0.1, 0.15) is 68.8 Å². The Bertz CT molecular complexity index is 987. The van der Waals surface area contributed by atoms with E-state index in [1.807, 2.05) is 41.8 Å². The van der Waals surface area contributed by atoms with Crippen molar-refractivity contribution in [1.82, 2.24) is 14.8 Å². The minimum absolute atomic E-state index is 0.00550. The van der Waals surface area contributed by atoms with Gasteiger partial charge in [-0.2, -0.15) is 0 Å². The molecule has 0 radical (unpaired) electrons. The summed E-state index contributed by atoms with van der Waals surface area (Å²) in [7, 11) is 0. The number of aromatic nitrogens is 1. The summed E-state index contributed by atoms with van der Waals surface area (Å²) in [5, 5.41) is 3.34. The number of rotatable bonds is 5. The number of benzene rings is 1. The highest BCUT2D eigenvalue weighted by molar-refractivity contribution is 6.00. The van der Waals surface area contributed by atoms with Gasteiger partial charge in [-0.05, 0) is 50.3 Å². The molecule has 2 unspecified atom stereocenters. The van der Waals surface area contributed by atoms with Crippen LogP contribution in [0, 0.1) is 0 Å². The van der Waals surface area contributed by atoms with Gasteiger partial charge in [0, 0.05) is 24.9 Å². The van der Waals surface area contributed by atoms with Crippen LogP contribution in [0.5, 0.6) is 0 Å². The van der Waals surface area contributed by atoms with E-state index in [4.69, 9.17) is 4.74 Å². The van der Waals surface area contributed by atoms with Gasteiger partial charge in [0.15, 0.2) is 0 Å². The monoisotopic (exact) mass is 449 g/mol. The first-order chi connectivity index (χ1) is 16.1. The van der Waals surface area contributed by atoms with Crippen LogP contribution in [-0.4, -0.2) is 52.1 Å². The summed E-state index contributed by atoms with van der Waals surface area (Å²) < 4.78 is 7.91. The maximum atomic E-state index is 13.9. The van der Waals surface area contributed by atoms with Crippen LogP contribution in [0.15, 0.2) is 42.5 Å².